The second-order valence-electron chi connectivity index (χ2n) is 4.97. The predicted octanol–water partition coefficient (Wildman–Crippen LogP) is 1.94. The number of aromatic nitrogens is 2. The van der Waals surface area contributed by atoms with Gasteiger partial charge in [-0.3, -0.25) is 4.79 Å². The Morgan fingerprint density at radius 1 is 1.38 bits per heavy atom. The van der Waals surface area contributed by atoms with Crippen LogP contribution in [0, 0.1) is 0 Å². The highest BCUT2D eigenvalue weighted by molar-refractivity contribution is 5.89. The van der Waals surface area contributed by atoms with Crippen molar-refractivity contribution in [1.29, 1.82) is 0 Å². The summed E-state index contributed by atoms with van der Waals surface area (Å²) < 4.78 is 7.76. The van der Waals surface area contributed by atoms with Crippen molar-refractivity contribution in [3.8, 4) is 5.75 Å². The molecule has 3 rings (SSSR count). The standard InChI is InChI=1S/C16H17N3O2/c1-3-10-19-13(15-17-9-11-18(15)2)14(16(19)20)21-12-7-5-4-6-8-12/h3-9,11,13-14H,1,10H2,2H3/t13-,14-/m0/s1. The lowest BCUT2D eigenvalue weighted by atomic mass is 9.96. The third kappa shape index (κ3) is 2.31. The van der Waals surface area contributed by atoms with E-state index in [1.165, 1.54) is 0 Å². The van der Waals surface area contributed by atoms with Gasteiger partial charge < -0.3 is 14.2 Å². The van der Waals surface area contributed by atoms with Gasteiger partial charge in [0.25, 0.3) is 5.91 Å². The van der Waals surface area contributed by atoms with Crippen LogP contribution in [0.2, 0.25) is 0 Å². The molecule has 2 atom stereocenters. The van der Waals surface area contributed by atoms with Crippen LogP contribution in [-0.2, 0) is 11.8 Å². The van der Waals surface area contributed by atoms with Gasteiger partial charge in [-0.05, 0) is 12.1 Å². The van der Waals surface area contributed by atoms with Crippen molar-refractivity contribution in [2.24, 2.45) is 7.05 Å². The molecule has 1 aliphatic heterocycles. The Balaban J connectivity index is 1.86. The van der Waals surface area contributed by atoms with Crippen LogP contribution >= 0.6 is 0 Å². The van der Waals surface area contributed by atoms with Crippen LogP contribution in [0.5, 0.6) is 5.75 Å². The molecule has 5 heteroatoms. The summed E-state index contributed by atoms with van der Waals surface area (Å²) in [6, 6.07) is 9.19. The summed E-state index contributed by atoms with van der Waals surface area (Å²) >= 11 is 0. The molecular formula is C16H17N3O2. The van der Waals surface area contributed by atoms with E-state index in [-0.39, 0.29) is 11.9 Å². The van der Waals surface area contributed by atoms with Gasteiger partial charge in [-0.2, -0.15) is 0 Å². The molecule has 0 spiro atoms. The van der Waals surface area contributed by atoms with E-state index in [1.54, 1.807) is 17.2 Å². The number of benzene rings is 1. The number of ether oxygens (including phenoxy) is 1. The highest BCUT2D eigenvalue weighted by Gasteiger charge is 2.51. The molecule has 2 aromatic rings. The number of imidazole rings is 1. The molecule has 21 heavy (non-hydrogen) atoms. The molecule has 0 unspecified atom stereocenters. The van der Waals surface area contributed by atoms with E-state index in [0.717, 1.165) is 5.82 Å². The lowest BCUT2D eigenvalue weighted by molar-refractivity contribution is -0.163. The minimum Gasteiger partial charge on any atom is -0.478 e. The smallest absolute Gasteiger partial charge is 0.267 e. The van der Waals surface area contributed by atoms with Gasteiger partial charge in [-0.1, -0.05) is 24.3 Å². The average molecular weight is 283 g/mol. The number of amides is 1. The summed E-state index contributed by atoms with van der Waals surface area (Å²) in [4.78, 5) is 18.4. The SMILES string of the molecule is C=CCN1C(=O)[C@@H](Oc2ccccc2)[C@H]1c1nccn1C. The average Bonchev–Trinajstić information content (AvgIpc) is 2.92. The van der Waals surface area contributed by atoms with Crippen molar-refractivity contribution in [3.63, 3.8) is 0 Å². The normalized spacial score (nSPS) is 21.0. The monoisotopic (exact) mass is 283 g/mol. The first-order valence-corrected chi connectivity index (χ1v) is 6.82. The summed E-state index contributed by atoms with van der Waals surface area (Å²) in [5, 5.41) is 0. The number of carbonyl (C=O) groups excluding carboxylic acids is 1. The molecule has 0 bridgehead atoms. The van der Waals surface area contributed by atoms with Crippen LogP contribution in [0.1, 0.15) is 11.9 Å². The molecule has 1 saturated heterocycles. The Hall–Kier alpha value is -2.56. The van der Waals surface area contributed by atoms with Crippen LogP contribution < -0.4 is 4.74 Å². The van der Waals surface area contributed by atoms with Gasteiger partial charge in [0.1, 0.15) is 17.6 Å². The van der Waals surface area contributed by atoms with Gasteiger partial charge in [0.15, 0.2) is 0 Å². The maximum atomic E-state index is 12.3. The Kier molecular flexibility index (Phi) is 3.48. The number of rotatable bonds is 5. The van der Waals surface area contributed by atoms with Crippen molar-refractivity contribution in [2.45, 2.75) is 12.1 Å². The maximum Gasteiger partial charge on any atom is 0.267 e. The summed E-state index contributed by atoms with van der Waals surface area (Å²) in [6.07, 6.45) is 4.77. The largest absolute Gasteiger partial charge is 0.478 e. The fourth-order valence-electron chi connectivity index (χ4n) is 2.56. The first kappa shape index (κ1) is 13.4. The number of carbonyl (C=O) groups is 1. The maximum absolute atomic E-state index is 12.3. The molecule has 1 aromatic carbocycles. The number of hydrogen-bond acceptors (Lipinski definition) is 3. The van der Waals surface area contributed by atoms with E-state index >= 15 is 0 Å². The molecule has 0 saturated carbocycles. The minimum absolute atomic E-state index is 0.0354. The first-order valence-electron chi connectivity index (χ1n) is 6.82. The lowest BCUT2D eigenvalue weighted by Crippen LogP contribution is -2.61. The first-order chi connectivity index (χ1) is 10.2. The van der Waals surface area contributed by atoms with Crippen LogP contribution in [0.25, 0.3) is 0 Å². The Morgan fingerprint density at radius 2 is 2.14 bits per heavy atom. The number of hydrogen-bond donors (Lipinski definition) is 0. The second kappa shape index (κ2) is 5.44. The molecule has 5 nitrogen and oxygen atoms in total. The quantitative estimate of drug-likeness (QED) is 0.622. The zero-order valence-corrected chi connectivity index (χ0v) is 11.8. The number of β-lactam (4-membered cyclic amide) rings is 1. The van der Waals surface area contributed by atoms with Crippen molar-refractivity contribution in [3.05, 3.63) is 61.2 Å². The molecule has 1 fully saturated rings. The highest BCUT2D eigenvalue weighted by Crippen LogP contribution is 2.36. The van der Waals surface area contributed by atoms with Gasteiger partial charge in [0.05, 0.1) is 0 Å². The summed E-state index contributed by atoms with van der Waals surface area (Å²) in [7, 11) is 1.91. The van der Waals surface area contributed by atoms with E-state index in [4.69, 9.17) is 4.74 Å². The zero-order valence-electron chi connectivity index (χ0n) is 11.8. The molecule has 0 radical (unpaired) electrons. The summed E-state index contributed by atoms with van der Waals surface area (Å²) in [5.41, 5.74) is 0. The molecule has 1 aromatic heterocycles. The molecule has 1 amide bonds. The molecule has 0 aliphatic carbocycles. The second-order valence-corrected chi connectivity index (χ2v) is 4.97. The number of nitrogens with zero attached hydrogens (tertiary/aromatic N) is 3. The topological polar surface area (TPSA) is 47.4 Å². The highest BCUT2D eigenvalue weighted by atomic mass is 16.5. The minimum atomic E-state index is -0.534. The summed E-state index contributed by atoms with van der Waals surface area (Å²) in [6.45, 7) is 4.19. The van der Waals surface area contributed by atoms with Crippen LogP contribution in [0.15, 0.2) is 55.4 Å². The third-order valence-electron chi connectivity index (χ3n) is 3.60. The number of likely N-dealkylation sites (tertiary alicyclic amines) is 1. The molecule has 2 heterocycles. The van der Waals surface area contributed by atoms with Gasteiger partial charge >= 0.3 is 0 Å². The van der Waals surface area contributed by atoms with Crippen LogP contribution in [0.3, 0.4) is 0 Å². The Morgan fingerprint density at radius 3 is 2.76 bits per heavy atom. The molecule has 1 aliphatic rings. The Labute approximate surface area is 123 Å². The molecular weight excluding hydrogens is 266 g/mol. The van der Waals surface area contributed by atoms with E-state index in [1.807, 2.05) is 48.1 Å². The van der Waals surface area contributed by atoms with E-state index in [9.17, 15) is 4.79 Å². The van der Waals surface area contributed by atoms with E-state index < -0.39 is 6.10 Å². The van der Waals surface area contributed by atoms with Crippen LogP contribution in [-0.4, -0.2) is 33.0 Å². The van der Waals surface area contributed by atoms with Gasteiger partial charge in [-0.15, -0.1) is 6.58 Å². The lowest BCUT2D eigenvalue weighted by Gasteiger charge is -2.45. The van der Waals surface area contributed by atoms with Crippen LogP contribution in [0.4, 0.5) is 0 Å². The van der Waals surface area contributed by atoms with Gasteiger partial charge in [0, 0.05) is 26.0 Å². The van der Waals surface area contributed by atoms with Gasteiger partial charge in [-0.25, -0.2) is 4.98 Å². The summed E-state index contributed by atoms with van der Waals surface area (Å²) in [5.74, 6) is 1.47. The van der Waals surface area contributed by atoms with Crippen molar-refractivity contribution < 1.29 is 9.53 Å². The fourth-order valence-corrected chi connectivity index (χ4v) is 2.56. The van der Waals surface area contributed by atoms with Crippen molar-refractivity contribution in [1.82, 2.24) is 14.5 Å². The zero-order chi connectivity index (χ0) is 14.8. The third-order valence-corrected chi connectivity index (χ3v) is 3.60. The van der Waals surface area contributed by atoms with E-state index in [2.05, 4.69) is 11.6 Å². The van der Waals surface area contributed by atoms with Crippen molar-refractivity contribution in [2.75, 3.05) is 6.54 Å². The van der Waals surface area contributed by atoms with Gasteiger partial charge in [0.2, 0.25) is 6.10 Å². The van der Waals surface area contributed by atoms with E-state index in [0.29, 0.717) is 12.3 Å². The Bertz CT molecular complexity index is 651. The number of para-hydroxylation sites is 1. The van der Waals surface area contributed by atoms with Crippen molar-refractivity contribution >= 4 is 5.91 Å². The molecule has 108 valence electrons. The number of aryl methyl sites for hydroxylation is 1. The fraction of sp³-hybridized carbons (Fsp3) is 0.250. The predicted molar refractivity (Wildman–Crippen MR) is 78.7 cm³/mol. The molecule has 0 N–H and O–H groups in total.